The van der Waals surface area contributed by atoms with Crippen molar-refractivity contribution in [3.05, 3.63) is 74.2 Å². The van der Waals surface area contributed by atoms with Gasteiger partial charge in [-0.15, -0.1) is 0 Å². The Hall–Kier alpha value is -3.43. The molecular formula is C20H14Cl2FN5O3. The van der Waals surface area contributed by atoms with Gasteiger partial charge in [0, 0.05) is 22.8 Å². The van der Waals surface area contributed by atoms with Crippen molar-refractivity contribution in [2.45, 2.75) is 12.3 Å². The molecule has 4 N–H and O–H groups in total. The lowest BCUT2D eigenvalue weighted by Gasteiger charge is -2.23. The lowest BCUT2D eigenvalue weighted by Crippen LogP contribution is -2.36. The number of hydrogen-bond acceptors (Lipinski definition) is 5. The van der Waals surface area contributed by atoms with Gasteiger partial charge in [-0.1, -0.05) is 29.3 Å². The molecule has 0 fully saturated rings. The van der Waals surface area contributed by atoms with Crippen molar-refractivity contribution in [3.8, 4) is 0 Å². The van der Waals surface area contributed by atoms with Gasteiger partial charge >= 0.3 is 0 Å². The van der Waals surface area contributed by atoms with E-state index in [4.69, 9.17) is 23.2 Å². The summed E-state index contributed by atoms with van der Waals surface area (Å²) in [7, 11) is 0. The summed E-state index contributed by atoms with van der Waals surface area (Å²) in [6.45, 7) is 0. The maximum Gasteiger partial charge on any atom is 0.258 e. The van der Waals surface area contributed by atoms with Crippen LogP contribution in [0.3, 0.4) is 0 Å². The number of H-pyrrole nitrogens is 1. The second-order valence-corrected chi connectivity index (χ2v) is 7.58. The molecular weight excluding hydrogens is 448 g/mol. The summed E-state index contributed by atoms with van der Waals surface area (Å²) in [5.41, 5.74) is 0.224. The van der Waals surface area contributed by atoms with E-state index >= 15 is 0 Å². The Morgan fingerprint density at radius 1 is 1.13 bits per heavy atom. The van der Waals surface area contributed by atoms with Gasteiger partial charge in [0.05, 0.1) is 16.5 Å². The SMILES string of the molecule is O=C1CC(C(=O)Nc2ccc(F)c(Cl)c2)c2c(nc(Nc3cccc(Cl)c3)[nH]c2=O)N1. The molecule has 158 valence electrons. The molecule has 3 aromatic rings. The van der Waals surface area contributed by atoms with Gasteiger partial charge in [0.15, 0.2) is 0 Å². The smallest absolute Gasteiger partial charge is 0.258 e. The van der Waals surface area contributed by atoms with Crippen molar-refractivity contribution in [2.75, 3.05) is 16.0 Å². The van der Waals surface area contributed by atoms with Crippen LogP contribution in [-0.4, -0.2) is 21.8 Å². The van der Waals surface area contributed by atoms with Crippen LogP contribution in [0.5, 0.6) is 0 Å². The Morgan fingerprint density at radius 3 is 2.68 bits per heavy atom. The summed E-state index contributed by atoms with van der Waals surface area (Å²) in [4.78, 5) is 44.5. The molecule has 11 heteroatoms. The van der Waals surface area contributed by atoms with E-state index in [1.165, 1.54) is 12.1 Å². The zero-order valence-corrected chi connectivity index (χ0v) is 17.1. The molecule has 0 saturated heterocycles. The van der Waals surface area contributed by atoms with Crippen LogP contribution in [0.2, 0.25) is 10.0 Å². The molecule has 1 atom stereocenters. The summed E-state index contributed by atoms with van der Waals surface area (Å²) in [6, 6.07) is 10.4. The zero-order valence-electron chi connectivity index (χ0n) is 15.6. The highest BCUT2D eigenvalue weighted by Gasteiger charge is 2.34. The number of fused-ring (bicyclic) bond motifs is 1. The molecule has 0 bridgehead atoms. The van der Waals surface area contributed by atoms with E-state index < -0.39 is 29.1 Å². The molecule has 31 heavy (non-hydrogen) atoms. The molecule has 8 nitrogen and oxygen atoms in total. The quantitative estimate of drug-likeness (QED) is 0.468. The van der Waals surface area contributed by atoms with Crippen molar-refractivity contribution in [1.29, 1.82) is 0 Å². The largest absolute Gasteiger partial charge is 0.326 e. The maximum absolute atomic E-state index is 13.3. The summed E-state index contributed by atoms with van der Waals surface area (Å²) in [6.07, 6.45) is -0.250. The van der Waals surface area contributed by atoms with E-state index in [2.05, 4.69) is 25.9 Å². The van der Waals surface area contributed by atoms with Crippen LogP contribution in [0.15, 0.2) is 47.3 Å². The first-order valence-corrected chi connectivity index (χ1v) is 9.78. The minimum Gasteiger partial charge on any atom is -0.326 e. The monoisotopic (exact) mass is 461 g/mol. The number of aromatic amines is 1. The Kier molecular flexibility index (Phi) is 5.62. The van der Waals surface area contributed by atoms with E-state index in [9.17, 15) is 18.8 Å². The number of carbonyl (C=O) groups excluding carboxylic acids is 2. The van der Waals surface area contributed by atoms with E-state index in [1.54, 1.807) is 24.3 Å². The van der Waals surface area contributed by atoms with Gasteiger partial charge in [-0.3, -0.25) is 19.4 Å². The first-order valence-electron chi connectivity index (χ1n) is 9.03. The Balaban J connectivity index is 1.64. The highest BCUT2D eigenvalue weighted by molar-refractivity contribution is 6.31. The third-order valence-corrected chi connectivity index (χ3v) is 5.07. The second-order valence-electron chi connectivity index (χ2n) is 6.74. The number of halogens is 3. The molecule has 2 amide bonds. The zero-order chi connectivity index (χ0) is 22.1. The summed E-state index contributed by atoms with van der Waals surface area (Å²) in [5, 5.41) is 8.27. The standard InChI is InChI=1S/C20H14Cl2FN5O3/c21-9-2-1-3-10(6-9)25-20-27-17-16(19(31)28-20)12(8-15(29)26-17)18(30)24-11-4-5-14(23)13(22)7-11/h1-7,12H,8H2,(H,24,30)(H3,25,26,27,28,29,31). The van der Waals surface area contributed by atoms with Crippen LogP contribution >= 0.6 is 23.2 Å². The lowest BCUT2D eigenvalue weighted by atomic mass is 9.92. The number of hydrogen-bond donors (Lipinski definition) is 4. The topological polar surface area (TPSA) is 116 Å². The van der Waals surface area contributed by atoms with Crippen molar-refractivity contribution in [1.82, 2.24) is 9.97 Å². The average Bonchev–Trinajstić information content (AvgIpc) is 2.70. The molecule has 1 aromatic heterocycles. The molecule has 2 aromatic carbocycles. The number of rotatable bonds is 4. The number of amides is 2. The van der Waals surface area contributed by atoms with Crippen molar-refractivity contribution < 1.29 is 14.0 Å². The summed E-state index contributed by atoms with van der Waals surface area (Å²) < 4.78 is 13.3. The van der Waals surface area contributed by atoms with E-state index in [0.29, 0.717) is 10.7 Å². The summed E-state index contributed by atoms with van der Waals surface area (Å²) >= 11 is 11.7. The fourth-order valence-corrected chi connectivity index (χ4v) is 3.53. The van der Waals surface area contributed by atoms with Crippen LogP contribution in [0.4, 0.5) is 27.5 Å². The van der Waals surface area contributed by atoms with Crippen LogP contribution in [0, 0.1) is 5.82 Å². The first-order chi connectivity index (χ1) is 14.8. The average molecular weight is 462 g/mol. The first kappa shape index (κ1) is 20.8. The third kappa shape index (κ3) is 4.52. The van der Waals surface area contributed by atoms with Gasteiger partial charge in [0.2, 0.25) is 17.8 Å². The van der Waals surface area contributed by atoms with Crippen LogP contribution < -0.4 is 21.5 Å². The summed E-state index contributed by atoms with van der Waals surface area (Å²) in [5.74, 6) is -2.79. The third-order valence-electron chi connectivity index (χ3n) is 4.54. The van der Waals surface area contributed by atoms with Crippen LogP contribution in [-0.2, 0) is 9.59 Å². The Labute approximate surface area is 184 Å². The molecule has 0 saturated carbocycles. The fraction of sp³-hybridized carbons (Fsp3) is 0.100. The van der Waals surface area contributed by atoms with Crippen molar-refractivity contribution in [2.24, 2.45) is 0 Å². The van der Waals surface area contributed by atoms with Gasteiger partial charge in [0.1, 0.15) is 11.6 Å². The molecule has 1 unspecified atom stereocenters. The number of aromatic nitrogens is 2. The minimum atomic E-state index is -1.09. The van der Waals surface area contributed by atoms with Crippen LogP contribution in [0.1, 0.15) is 17.9 Å². The number of nitrogens with one attached hydrogen (secondary N) is 4. The number of nitrogens with zero attached hydrogens (tertiary/aromatic N) is 1. The van der Waals surface area contributed by atoms with Crippen LogP contribution in [0.25, 0.3) is 0 Å². The van der Waals surface area contributed by atoms with Crippen molar-refractivity contribution in [3.63, 3.8) is 0 Å². The van der Waals surface area contributed by atoms with Gasteiger partial charge < -0.3 is 16.0 Å². The molecule has 4 rings (SSSR count). The molecule has 2 heterocycles. The number of carbonyl (C=O) groups is 2. The Morgan fingerprint density at radius 2 is 1.94 bits per heavy atom. The maximum atomic E-state index is 13.3. The highest BCUT2D eigenvalue weighted by Crippen LogP contribution is 2.31. The van der Waals surface area contributed by atoms with E-state index in [-0.39, 0.29) is 34.5 Å². The lowest BCUT2D eigenvalue weighted by molar-refractivity contribution is -0.123. The highest BCUT2D eigenvalue weighted by atomic mass is 35.5. The minimum absolute atomic E-state index is 0.0157. The van der Waals surface area contributed by atoms with E-state index in [0.717, 1.165) is 6.07 Å². The molecule has 0 radical (unpaired) electrons. The van der Waals surface area contributed by atoms with Gasteiger partial charge in [-0.25, -0.2) is 4.39 Å². The normalized spacial score (nSPS) is 15.1. The number of benzene rings is 2. The predicted molar refractivity (Wildman–Crippen MR) is 116 cm³/mol. The van der Waals surface area contributed by atoms with Crippen molar-refractivity contribution >= 4 is 58.2 Å². The number of anilines is 4. The molecule has 1 aliphatic rings. The Bertz CT molecular complexity index is 1260. The fourth-order valence-electron chi connectivity index (χ4n) is 3.16. The van der Waals surface area contributed by atoms with E-state index in [1.807, 2.05) is 0 Å². The molecule has 0 spiro atoms. The second kappa shape index (κ2) is 8.37. The predicted octanol–water partition coefficient (Wildman–Crippen LogP) is 4.02. The van der Waals surface area contributed by atoms with Gasteiger partial charge in [0.25, 0.3) is 5.56 Å². The molecule has 0 aliphatic carbocycles. The van der Waals surface area contributed by atoms with Gasteiger partial charge in [-0.05, 0) is 36.4 Å². The van der Waals surface area contributed by atoms with Gasteiger partial charge in [-0.2, -0.15) is 4.98 Å². The molecule has 1 aliphatic heterocycles.